The number of carbonyl (C=O) groups excluding carboxylic acids is 1. The molecule has 3 heterocycles. The van der Waals surface area contributed by atoms with Crippen molar-refractivity contribution in [2.45, 2.75) is 33.3 Å². The molecule has 0 aliphatic carbocycles. The molecule has 0 aliphatic heterocycles. The van der Waals surface area contributed by atoms with Gasteiger partial charge in [0.25, 0.3) is 11.7 Å². The molecule has 8 nitrogen and oxygen atoms in total. The highest BCUT2D eigenvalue weighted by molar-refractivity contribution is 5.90. The van der Waals surface area contributed by atoms with Crippen molar-refractivity contribution >= 4 is 11.7 Å². The summed E-state index contributed by atoms with van der Waals surface area (Å²) in [5.74, 6) is 1.22. The molecule has 3 aromatic rings. The number of carbonyl (C=O) groups is 1. The van der Waals surface area contributed by atoms with E-state index in [1.54, 1.807) is 39.1 Å². The fraction of sp³-hybridized carbons (Fsp3) is 0.375. The Bertz CT molecular complexity index is 910. The molecule has 0 bridgehead atoms. The summed E-state index contributed by atoms with van der Waals surface area (Å²) in [4.78, 5) is 20.4. The lowest BCUT2D eigenvalue weighted by Crippen LogP contribution is -2.39. The van der Waals surface area contributed by atoms with E-state index < -0.39 is 11.5 Å². The largest absolute Gasteiger partial charge is 0.466 e. The van der Waals surface area contributed by atoms with E-state index in [0.29, 0.717) is 22.9 Å². The van der Waals surface area contributed by atoms with Crippen LogP contribution in [0.5, 0.6) is 0 Å². The molecule has 3 rings (SSSR count). The van der Waals surface area contributed by atoms with E-state index in [1.807, 2.05) is 6.92 Å². The van der Waals surface area contributed by atoms with Crippen LogP contribution in [-0.4, -0.2) is 37.1 Å². The summed E-state index contributed by atoms with van der Waals surface area (Å²) in [6.45, 7) is 7.05. The molecule has 0 saturated heterocycles. The molecule has 1 atom stereocenters. The van der Waals surface area contributed by atoms with E-state index in [0.717, 1.165) is 5.69 Å². The van der Waals surface area contributed by atoms with Gasteiger partial charge in [0.1, 0.15) is 17.1 Å². The van der Waals surface area contributed by atoms with Crippen molar-refractivity contribution in [1.29, 1.82) is 0 Å². The van der Waals surface area contributed by atoms with E-state index in [2.05, 4.69) is 20.4 Å². The van der Waals surface area contributed by atoms with Gasteiger partial charge in [-0.25, -0.2) is 9.50 Å². The zero-order valence-corrected chi connectivity index (χ0v) is 14.0. The van der Waals surface area contributed by atoms with Crippen LogP contribution in [0.2, 0.25) is 0 Å². The Balaban J connectivity index is 1.76. The standard InChI is InChI=1S/C16H19N5O3/c1-9-5-6-17-15-19-13(20-21(9)15)14(22)18-8-16(4,23)12-7-10(2)24-11(12)3/h5-7,23H,8H2,1-4H3,(H,18,22). The lowest BCUT2D eigenvalue weighted by molar-refractivity contribution is 0.0511. The van der Waals surface area contributed by atoms with Gasteiger partial charge >= 0.3 is 0 Å². The summed E-state index contributed by atoms with van der Waals surface area (Å²) in [5, 5.41) is 17.4. The van der Waals surface area contributed by atoms with Crippen LogP contribution in [0.3, 0.4) is 0 Å². The van der Waals surface area contributed by atoms with Gasteiger partial charge in [-0.3, -0.25) is 4.79 Å². The number of amides is 1. The monoisotopic (exact) mass is 329 g/mol. The number of rotatable bonds is 4. The molecule has 2 N–H and O–H groups in total. The maximum atomic E-state index is 12.3. The fourth-order valence-electron chi connectivity index (χ4n) is 2.59. The molecule has 1 amide bonds. The zero-order valence-electron chi connectivity index (χ0n) is 14.0. The number of aromatic nitrogens is 4. The number of aliphatic hydroxyl groups is 1. The molecule has 8 heteroatoms. The first-order valence-electron chi connectivity index (χ1n) is 7.54. The van der Waals surface area contributed by atoms with Crippen molar-refractivity contribution in [1.82, 2.24) is 24.9 Å². The number of nitrogens with zero attached hydrogens (tertiary/aromatic N) is 4. The summed E-state index contributed by atoms with van der Waals surface area (Å²) in [6.07, 6.45) is 1.61. The van der Waals surface area contributed by atoms with Crippen molar-refractivity contribution in [3.8, 4) is 0 Å². The second-order valence-corrected chi connectivity index (χ2v) is 6.02. The number of nitrogens with one attached hydrogen (secondary N) is 1. The highest BCUT2D eigenvalue weighted by atomic mass is 16.3. The molecule has 24 heavy (non-hydrogen) atoms. The Labute approximate surface area is 138 Å². The second kappa shape index (κ2) is 5.72. The van der Waals surface area contributed by atoms with Crippen LogP contribution >= 0.6 is 0 Å². The molecule has 126 valence electrons. The lowest BCUT2D eigenvalue weighted by Gasteiger charge is -2.22. The molecule has 0 aromatic carbocycles. The third kappa shape index (κ3) is 2.88. The lowest BCUT2D eigenvalue weighted by atomic mass is 9.96. The zero-order chi connectivity index (χ0) is 17.5. The number of furan rings is 1. The minimum Gasteiger partial charge on any atom is -0.466 e. The van der Waals surface area contributed by atoms with Crippen LogP contribution in [0.4, 0.5) is 0 Å². The summed E-state index contributed by atoms with van der Waals surface area (Å²) in [7, 11) is 0. The average molecular weight is 329 g/mol. The average Bonchev–Trinajstić information content (AvgIpc) is 3.09. The first kappa shape index (κ1) is 16.1. The van der Waals surface area contributed by atoms with E-state index >= 15 is 0 Å². The molecular formula is C16H19N5O3. The Kier molecular flexibility index (Phi) is 3.84. The van der Waals surface area contributed by atoms with E-state index in [4.69, 9.17) is 4.42 Å². The summed E-state index contributed by atoms with van der Waals surface area (Å²) >= 11 is 0. The first-order chi connectivity index (χ1) is 11.3. The van der Waals surface area contributed by atoms with E-state index in [9.17, 15) is 9.90 Å². The third-order valence-corrected chi connectivity index (χ3v) is 3.85. The minimum atomic E-state index is -1.26. The predicted molar refractivity (Wildman–Crippen MR) is 85.6 cm³/mol. The highest BCUT2D eigenvalue weighted by Crippen LogP contribution is 2.26. The van der Waals surface area contributed by atoms with Gasteiger partial charge in [0, 0.05) is 17.5 Å². The molecule has 0 radical (unpaired) electrons. The minimum absolute atomic E-state index is 0.00713. The van der Waals surface area contributed by atoms with E-state index in [-0.39, 0.29) is 12.4 Å². The van der Waals surface area contributed by atoms with Crippen LogP contribution < -0.4 is 5.32 Å². The SMILES string of the molecule is Cc1cc(C(C)(O)CNC(=O)c2nc3nccc(C)n3n2)c(C)o1. The second-order valence-electron chi connectivity index (χ2n) is 6.02. The van der Waals surface area contributed by atoms with Gasteiger partial charge in [-0.05, 0) is 39.8 Å². The van der Waals surface area contributed by atoms with Gasteiger partial charge in [-0.2, -0.15) is 4.98 Å². The maximum absolute atomic E-state index is 12.3. The van der Waals surface area contributed by atoms with Crippen LogP contribution in [-0.2, 0) is 5.60 Å². The van der Waals surface area contributed by atoms with Crippen LogP contribution in [0.1, 0.15) is 40.3 Å². The van der Waals surface area contributed by atoms with Gasteiger partial charge < -0.3 is 14.8 Å². The van der Waals surface area contributed by atoms with Gasteiger partial charge in [-0.1, -0.05) is 0 Å². The summed E-state index contributed by atoms with van der Waals surface area (Å²) in [6, 6.07) is 3.54. The molecule has 0 spiro atoms. The van der Waals surface area contributed by atoms with Crippen LogP contribution in [0, 0.1) is 20.8 Å². The van der Waals surface area contributed by atoms with Gasteiger partial charge in [0.05, 0.1) is 6.54 Å². The molecule has 3 aromatic heterocycles. The summed E-state index contributed by atoms with van der Waals surface area (Å²) in [5.41, 5.74) is 0.203. The molecule has 0 fully saturated rings. The first-order valence-corrected chi connectivity index (χ1v) is 7.54. The number of aryl methyl sites for hydroxylation is 3. The number of hydrogen-bond donors (Lipinski definition) is 2. The van der Waals surface area contributed by atoms with Crippen molar-refractivity contribution in [3.05, 3.63) is 46.9 Å². The number of fused-ring (bicyclic) bond motifs is 1. The van der Waals surface area contributed by atoms with Crippen molar-refractivity contribution in [3.63, 3.8) is 0 Å². The molecular weight excluding hydrogens is 310 g/mol. The molecule has 0 aliphatic rings. The fourth-order valence-corrected chi connectivity index (χ4v) is 2.59. The smallest absolute Gasteiger partial charge is 0.291 e. The van der Waals surface area contributed by atoms with Gasteiger partial charge in [0.2, 0.25) is 5.82 Å². The van der Waals surface area contributed by atoms with Crippen molar-refractivity contribution < 1.29 is 14.3 Å². The Morgan fingerprint density at radius 3 is 2.79 bits per heavy atom. The topological polar surface area (TPSA) is 106 Å². The number of hydrogen-bond acceptors (Lipinski definition) is 6. The quantitative estimate of drug-likeness (QED) is 0.747. The van der Waals surface area contributed by atoms with Crippen molar-refractivity contribution in [2.24, 2.45) is 0 Å². The Morgan fingerprint density at radius 2 is 2.17 bits per heavy atom. The van der Waals surface area contributed by atoms with E-state index in [1.165, 1.54) is 4.52 Å². The highest BCUT2D eigenvalue weighted by Gasteiger charge is 2.29. The molecule has 1 unspecified atom stereocenters. The third-order valence-electron chi connectivity index (χ3n) is 3.85. The Hall–Kier alpha value is -2.74. The maximum Gasteiger partial charge on any atom is 0.291 e. The summed E-state index contributed by atoms with van der Waals surface area (Å²) < 4.78 is 6.93. The van der Waals surface area contributed by atoms with Crippen LogP contribution in [0.25, 0.3) is 5.78 Å². The van der Waals surface area contributed by atoms with Crippen LogP contribution in [0.15, 0.2) is 22.7 Å². The molecule has 0 saturated carbocycles. The Morgan fingerprint density at radius 1 is 1.42 bits per heavy atom. The van der Waals surface area contributed by atoms with Gasteiger partial charge in [0.15, 0.2) is 0 Å². The van der Waals surface area contributed by atoms with Gasteiger partial charge in [-0.15, -0.1) is 5.10 Å². The van der Waals surface area contributed by atoms with Crippen molar-refractivity contribution in [2.75, 3.05) is 6.54 Å². The normalized spacial score (nSPS) is 13.9. The predicted octanol–water partition coefficient (Wildman–Crippen LogP) is 1.28.